The van der Waals surface area contributed by atoms with Crippen LogP contribution in [-0.2, 0) is 17.8 Å². The van der Waals surface area contributed by atoms with Crippen molar-refractivity contribution in [3.05, 3.63) is 70.9 Å². The number of benzene rings is 1. The van der Waals surface area contributed by atoms with Gasteiger partial charge in [-0.3, -0.25) is 14.8 Å². The van der Waals surface area contributed by atoms with Crippen molar-refractivity contribution in [2.24, 2.45) is 0 Å². The standard InChI is InChI=1S/C19H16N4OS/c24-18(9-14-10-22-16-4-2-1-3-15(14)16)23-11-17-19(21-7-6-20-17)13-5-8-25-12-13/h1-8,10,12,22H,9,11H2,(H,23,24). The second-order valence-electron chi connectivity index (χ2n) is 5.68. The highest BCUT2D eigenvalue weighted by Gasteiger charge is 2.12. The first-order valence-electron chi connectivity index (χ1n) is 7.95. The number of nitrogens with zero attached hydrogens (tertiary/aromatic N) is 2. The number of aromatic amines is 1. The summed E-state index contributed by atoms with van der Waals surface area (Å²) < 4.78 is 0. The summed E-state index contributed by atoms with van der Waals surface area (Å²) in [6.45, 7) is 0.361. The van der Waals surface area contributed by atoms with Crippen molar-refractivity contribution < 1.29 is 4.79 Å². The molecule has 0 aliphatic heterocycles. The number of carbonyl (C=O) groups is 1. The van der Waals surface area contributed by atoms with Crippen LogP contribution in [0.1, 0.15) is 11.3 Å². The second-order valence-corrected chi connectivity index (χ2v) is 6.46. The number of aromatic nitrogens is 3. The van der Waals surface area contributed by atoms with Gasteiger partial charge in [0.1, 0.15) is 0 Å². The van der Waals surface area contributed by atoms with Crippen molar-refractivity contribution in [3.63, 3.8) is 0 Å². The summed E-state index contributed by atoms with van der Waals surface area (Å²) in [5.41, 5.74) is 4.65. The van der Waals surface area contributed by atoms with Crippen LogP contribution in [0.15, 0.2) is 59.7 Å². The van der Waals surface area contributed by atoms with Gasteiger partial charge < -0.3 is 10.3 Å². The van der Waals surface area contributed by atoms with E-state index in [2.05, 4.69) is 20.3 Å². The second kappa shape index (κ2) is 6.86. The molecular weight excluding hydrogens is 332 g/mol. The van der Waals surface area contributed by atoms with Gasteiger partial charge in [-0.1, -0.05) is 18.2 Å². The predicted octanol–water partition coefficient (Wildman–Crippen LogP) is 3.55. The van der Waals surface area contributed by atoms with Crippen molar-refractivity contribution in [1.29, 1.82) is 0 Å². The Bertz CT molecular complexity index is 1010. The molecule has 2 N–H and O–H groups in total. The smallest absolute Gasteiger partial charge is 0.224 e. The van der Waals surface area contributed by atoms with Crippen LogP contribution in [0, 0.1) is 0 Å². The SMILES string of the molecule is O=C(Cc1c[nH]c2ccccc12)NCc1nccnc1-c1ccsc1. The number of hydrogen-bond acceptors (Lipinski definition) is 4. The molecular formula is C19H16N4OS. The number of hydrogen-bond donors (Lipinski definition) is 2. The predicted molar refractivity (Wildman–Crippen MR) is 99.2 cm³/mol. The van der Waals surface area contributed by atoms with Gasteiger partial charge in [0.2, 0.25) is 5.91 Å². The maximum atomic E-state index is 12.4. The third-order valence-corrected chi connectivity index (χ3v) is 4.73. The molecule has 0 saturated heterocycles. The largest absolute Gasteiger partial charge is 0.361 e. The zero-order chi connectivity index (χ0) is 17.1. The molecule has 0 saturated carbocycles. The van der Waals surface area contributed by atoms with Gasteiger partial charge in [0.15, 0.2) is 0 Å². The minimum absolute atomic E-state index is 0.0355. The van der Waals surface area contributed by atoms with E-state index in [9.17, 15) is 4.79 Å². The highest BCUT2D eigenvalue weighted by atomic mass is 32.1. The lowest BCUT2D eigenvalue weighted by Gasteiger charge is -2.08. The molecule has 1 amide bonds. The maximum absolute atomic E-state index is 12.4. The summed E-state index contributed by atoms with van der Waals surface area (Å²) in [4.78, 5) is 24.3. The number of carbonyl (C=O) groups excluding carboxylic acids is 1. The summed E-state index contributed by atoms with van der Waals surface area (Å²) in [6.07, 6.45) is 5.54. The van der Waals surface area contributed by atoms with Crippen LogP contribution in [0.4, 0.5) is 0 Å². The Morgan fingerprint density at radius 2 is 2.04 bits per heavy atom. The van der Waals surface area contributed by atoms with E-state index in [0.717, 1.165) is 33.4 Å². The van der Waals surface area contributed by atoms with Gasteiger partial charge in [0, 0.05) is 40.4 Å². The Labute approximate surface area is 148 Å². The fourth-order valence-electron chi connectivity index (χ4n) is 2.83. The summed E-state index contributed by atoms with van der Waals surface area (Å²) in [7, 11) is 0. The minimum Gasteiger partial charge on any atom is -0.361 e. The van der Waals surface area contributed by atoms with Crippen LogP contribution in [0.3, 0.4) is 0 Å². The van der Waals surface area contributed by atoms with Crippen molar-refractivity contribution in [3.8, 4) is 11.3 Å². The third kappa shape index (κ3) is 3.29. The van der Waals surface area contributed by atoms with Crippen LogP contribution in [-0.4, -0.2) is 20.9 Å². The molecule has 6 heteroatoms. The van der Waals surface area contributed by atoms with E-state index in [1.165, 1.54) is 0 Å². The van der Waals surface area contributed by atoms with E-state index >= 15 is 0 Å². The highest BCUT2D eigenvalue weighted by molar-refractivity contribution is 7.08. The molecule has 124 valence electrons. The number of fused-ring (bicyclic) bond motifs is 1. The Morgan fingerprint density at radius 1 is 1.16 bits per heavy atom. The topological polar surface area (TPSA) is 70.7 Å². The van der Waals surface area contributed by atoms with Crippen molar-refractivity contribution in [2.75, 3.05) is 0 Å². The van der Waals surface area contributed by atoms with E-state index in [-0.39, 0.29) is 5.91 Å². The van der Waals surface area contributed by atoms with Gasteiger partial charge in [-0.25, -0.2) is 0 Å². The average Bonchev–Trinajstić information content (AvgIpc) is 3.31. The van der Waals surface area contributed by atoms with Crippen LogP contribution >= 0.6 is 11.3 Å². The maximum Gasteiger partial charge on any atom is 0.224 e. The molecule has 4 rings (SSSR count). The lowest BCUT2D eigenvalue weighted by molar-refractivity contribution is -0.120. The molecule has 0 radical (unpaired) electrons. The van der Waals surface area contributed by atoms with E-state index < -0.39 is 0 Å². The Balaban J connectivity index is 1.46. The quantitative estimate of drug-likeness (QED) is 0.579. The summed E-state index contributed by atoms with van der Waals surface area (Å²) >= 11 is 1.61. The molecule has 0 spiro atoms. The number of thiophene rings is 1. The lowest BCUT2D eigenvalue weighted by Crippen LogP contribution is -2.25. The minimum atomic E-state index is -0.0355. The van der Waals surface area contributed by atoms with Gasteiger partial charge in [0.05, 0.1) is 24.4 Å². The van der Waals surface area contributed by atoms with E-state index in [1.54, 1.807) is 23.7 Å². The molecule has 0 unspecified atom stereocenters. The monoisotopic (exact) mass is 348 g/mol. The number of nitrogens with one attached hydrogen (secondary N) is 2. The normalized spacial score (nSPS) is 10.9. The molecule has 0 bridgehead atoms. The van der Waals surface area contributed by atoms with Crippen LogP contribution in [0.5, 0.6) is 0 Å². The molecule has 3 heterocycles. The van der Waals surface area contributed by atoms with E-state index in [1.807, 2.05) is 47.3 Å². The van der Waals surface area contributed by atoms with Gasteiger partial charge in [-0.15, -0.1) is 0 Å². The highest BCUT2D eigenvalue weighted by Crippen LogP contribution is 2.22. The van der Waals surface area contributed by atoms with E-state index in [0.29, 0.717) is 13.0 Å². The first-order valence-corrected chi connectivity index (χ1v) is 8.89. The first kappa shape index (κ1) is 15.5. The summed E-state index contributed by atoms with van der Waals surface area (Å²) in [6, 6.07) is 9.98. The lowest BCUT2D eigenvalue weighted by atomic mass is 10.1. The summed E-state index contributed by atoms with van der Waals surface area (Å²) in [5.74, 6) is -0.0355. The van der Waals surface area contributed by atoms with E-state index in [4.69, 9.17) is 0 Å². The molecule has 0 atom stereocenters. The molecule has 3 aromatic heterocycles. The number of H-pyrrole nitrogens is 1. The van der Waals surface area contributed by atoms with Gasteiger partial charge in [0.25, 0.3) is 0 Å². The molecule has 25 heavy (non-hydrogen) atoms. The molecule has 0 fully saturated rings. The molecule has 4 aromatic rings. The third-order valence-electron chi connectivity index (χ3n) is 4.05. The zero-order valence-electron chi connectivity index (χ0n) is 13.4. The number of amides is 1. The number of para-hydroxylation sites is 1. The Morgan fingerprint density at radius 3 is 2.92 bits per heavy atom. The zero-order valence-corrected chi connectivity index (χ0v) is 14.2. The van der Waals surface area contributed by atoms with Gasteiger partial charge in [-0.05, 0) is 23.1 Å². The molecule has 5 nitrogen and oxygen atoms in total. The number of rotatable bonds is 5. The van der Waals surface area contributed by atoms with Crippen LogP contribution in [0.2, 0.25) is 0 Å². The Hall–Kier alpha value is -2.99. The van der Waals surface area contributed by atoms with Crippen LogP contribution < -0.4 is 5.32 Å². The van der Waals surface area contributed by atoms with Crippen molar-refractivity contribution in [2.45, 2.75) is 13.0 Å². The fraction of sp³-hybridized carbons (Fsp3) is 0.105. The fourth-order valence-corrected chi connectivity index (χ4v) is 3.47. The van der Waals surface area contributed by atoms with Crippen LogP contribution in [0.25, 0.3) is 22.2 Å². The molecule has 0 aliphatic carbocycles. The first-order chi connectivity index (χ1) is 12.3. The van der Waals surface area contributed by atoms with Gasteiger partial charge in [-0.2, -0.15) is 11.3 Å². The van der Waals surface area contributed by atoms with Gasteiger partial charge >= 0.3 is 0 Å². The molecule has 1 aromatic carbocycles. The summed E-state index contributed by atoms with van der Waals surface area (Å²) in [5, 5.41) is 8.06. The Kier molecular flexibility index (Phi) is 4.26. The van der Waals surface area contributed by atoms with Crippen molar-refractivity contribution in [1.82, 2.24) is 20.3 Å². The van der Waals surface area contributed by atoms with Crippen molar-refractivity contribution >= 4 is 28.1 Å². The average molecular weight is 348 g/mol. The molecule has 0 aliphatic rings.